The molecule has 0 bridgehead atoms. The summed E-state index contributed by atoms with van der Waals surface area (Å²) in [6, 6.07) is 56.7. The normalized spacial score (nSPS) is 11.6. The van der Waals surface area contributed by atoms with Crippen LogP contribution < -0.4 is 8.97 Å². The van der Waals surface area contributed by atoms with E-state index in [2.05, 4.69) is 0 Å². The van der Waals surface area contributed by atoms with Crippen LogP contribution >= 0.6 is 11.3 Å². The third-order valence-electron chi connectivity index (χ3n) is 8.66. The van der Waals surface area contributed by atoms with Crippen LogP contribution in [0.1, 0.15) is 0 Å². The molecule has 1 aromatic heterocycles. The Balaban J connectivity index is 1.75. The Morgan fingerprint density at radius 3 is 0.694 bits per heavy atom. The van der Waals surface area contributed by atoms with Crippen LogP contribution in [0.4, 0.5) is 55.5 Å². The molecule has 238 valence electrons. The van der Waals surface area contributed by atoms with Gasteiger partial charge in [0.05, 0.1) is 9.85 Å². The van der Waals surface area contributed by atoms with E-state index in [1.807, 2.05) is 182 Å². The van der Waals surface area contributed by atoms with Crippen LogP contribution in [-0.2, 0) is 0 Å². The molecule has 49 heavy (non-hydrogen) atoms. The second-order valence-corrected chi connectivity index (χ2v) is 12.3. The van der Waals surface area contributed by atoms with Crippen molar-refractivity contribution in [1.82, 2.24) is 8.97 Å². The number of thiophene rings is 1. The SMILES string of the molecule is O=[N+]([O-])c1c([N+](c2ccccc2)(c2ccccc2)c2ccccc2)sc([N+](c2ccccc2)(c2ccccc2)c2ccccc2)c1[N+](=O)[O-]. The molecular formula is C40H30N4O4S+2. The largest absolute Gasteiger partial charge is 0.425 e. The molecular weight excluding hydrogens is 633 g/mol. The maximum Gasteiger partial charge on any atom is 0.425 e. The summed E-state index contributed by atoms with van der Waals surface area (Å²) in [4.78, 5) is 25.9. The van der Waals surface area contributed by atoms with Crippen molar-refractivity contribution in [2.45, 2.75) is 0 Å². The van der Waals surface area contributed by atoms with Crippen LogP contribution in [0, 0.1) is 20.2 Å². The Morgan fingerprint density at radius 2 is 0.531 bits per heavy atom. The van der Waals surface area contributed by atoms with Gasteiger partial charge in [-0.05, 0) is 11.3 Å². The third kappa shape index (κ3) is 5.10. The van der Waals surface area contributed by atoms with Crippen molar-refractivity contribution in [1.29, 1.82) is 0 Å². The summed E-state index contributed by atoms with van der Waals surface area (Å²) in [6.45, 7) is 0. The van der Waals surface area contributed by atoms with E-state index in [4.69, 9.17) is 0 Å². The molecule has 1 heterocycles. The van der Waals surface area contributed by atoms with E-state index in [-0.39, 0.29) is 19.0 Å². The molecule has 0 saturated heterocycles. The molecule has 0 unspecified atom stereocenters. The van der Waals surface area contributed by atoms with E-state index in [1.54, 1.807) is 0 Å². The Bertz CT molecular complexity index is 1860. The quantitative estimate of drug-likeness (QED) is 0.0828. The molecule has 0 aliphatic rings. The molecule has 0 spiro atoms. The number of nitro groups is 2. The number of rotatable bonds is 10. The monoisotopic (exact) mass is 662 g/mol. The summed E-state index contributed by atoms with van der Waals surface area (Å²) in [5.74, 6) is 0. The number of nitrogens with zero attached hydrogens (tertiary/aromatic N) is 4. The highest BCUT2D eigenvalue weighted by Gasteiger charge is 2.58. The van der Waals surface area contributed by atoms with Crippen molar-refractivity contribution < 1.29 is 9.85 Å². The zero-order valence-electron chi connectivity index (χ0n) is 26.2. The van der Waals surface area contributed by atoms with Crippen molar-refractivity contribution in [2.75, 3.05) is 0 Å². The van der Waals surface area contributed by atoms with Crippen LogP contribution in [0.2, 0.25) is 0 Å². The fourth-order valence-electron chi connectivity index (χ4n) is 6.68. The lowest BCUT2D eigenvalue weighted by atomic mass is 10.1. The van der Waals surface area contributed by atoms with Crippen LogP contribution in [0.15, 0.2) is 182 Å². The lowest BCUT2D eigenvalue weighted by molar-refractivity contribution is -0.421. The van der Waals surface area contributed by atoms with Crippen molar-refractivity contribution >= 4 is 66.8 Å². The highest BCUT2D eigenvalue weighted by molar-refractivity contribution is 7.21. The molecule has 0 fully saturated rings. The molecule has 8 nitrogen and oxygen atoms in total. The van der Waals surface area contributed by atoms with E-state index in [9.17, 15) is 20.2 Å². The maximum absolute atomic E-state index is 13.5. The van der Waals surface area contributed by atoms with Crippen LogP contribution in [0.25, 0.3) is 0 Å². The highest BCUT2D eigenvalue weighted by atomic mass is 32.1. The smallest absolute Gasteiger partial charge is 0.258 e. The standard InChI is InChI=1S/C40H30N4O4S/c45-41(46)37-38(42(47)48)40(44(34-25-13-4-14-26-34,35-27-15-5-16-28-35)36-29-17-6-18-30-36)49-39(37)43(31-19-7-1-8-20-31,32-21-9-2-10-22-32)33-23-11-3-12-24-33/h1-30H/q+2. The topological polar surface area (TPSA) is 86.3 Å². The molecule has 0 radical (unpaired) electrons. The lowest BCUT2D eigenvalue weighted by Crippen LogP contribution is -2.33. The van der Waals surface area contributed by atoms with Gasteiger partial charge in [-0.2, -0.15) is 8.97 Å². The Kier molecular flexibility index (Phi) is 8.38. The summed E-state index contributed by atoms with van der Waals surface area (Å²) >= 11 is 1.09. The second kappa shape index (κ2) is 13.1. The van der Waals surface area contributed by atoms with Gasteiger partial charge in [0, 0.05) is 72.8 Å². The lowest BCUT2D eigenvalue weighted by Gasteiger charge is -2.36. The second-order valence-electron chi connectivity index (χ2n) is 11.3. The van der Waals surface area contributed by atoms with Gasteiger partial charge in [0.15, 0.2) is 0 Å². The van der Waals surface area contributed by atoms with Gasteiger partial charge in [-0.15, -0.1) is 0 Å². The van der Waals surface area contributed by atoms with Gasteiger partial charge in [-0.1, -0.05) is 109 Å². The van der Waals surface area contributed by atoms with E-state index in [0.717, 1.165) is 11.3 Å². The van der Waals surface area contributed by atoms with E-state index < -0.39 is 21.2 Å². The number of benzene rings is 6. The molecule has 0 atom stereocenters. The van der Waals surface area contributed by atoms with Crippen molar-refractivity contribution in [3.8, 4) is 0 Å². The Morgan fingerprint density at radius 1 is 0.347 bits per heavy atom. The molecule has 0 aliphatic heterocycles. The molecule has 7 aromatic rings. The number of quaternary nitrogens is 2. The van der Waals surface area contributed by atoms with Gasteiger partial charge in [-0.25, -0.2) is 0 Å². The first-order valence-corrected chi connectivity index (χ1v) is 16.4. The van der Waals surface area contributed by atoms with Crippen molar-refractivity contribution in [3.63, 3.8) is 0 Å². The predicted molar refractivity (Wildman–Crippen MR) is 198 cm³/mol. The number of hydrogen-bond donors (Lipinski definition) is 0. The molecule has 0 amide bonds. The minimum atomic E-state index is -0.592. The fourth-order valence-corrected chi connectivity index (χ4v) is 8.31. The molecule has 0 N–H and O–H groups in total. The predicted octanol–water partition coefficient (Wildman–Crippen LogP) is 12.2. The van der Waals surface area contributed by atoms with Gasteiger partial charge in [-0.3, -0.25) is 20.2 Å². The summed E-state index contributed by atoms with van der Waals surface area (Å²) in [5.41, 5.74) is 2.97. The fraction of sp³-hybridized carbons (Fsp3) is 0. The van der Waals surface area contributed by atoms with Crippen LogP contribution in [0.3, 0.4) is 0 Å². The van der Waals surface area contributed by atoms with Gasteiger partial charge in [0.25, 0.3) is 10.0 Å². The minimum Gasteiger partial charge on any atom is -0.258 e. The van der Waals surface area contributed by atoms with Crippen molar-refractivity contribution in [3.05, 3.63) is 202 Å². The summed E-state index contributed by atoms with van der Waals surface area (Å²) in [7, 11) is 0. The number of para-hydroxylation sites is 6. The van der Waals surface area contributed by atoms with E-state index in [1.165, 1.54) is 0 Å². The third-order valence-corrected chi connectivity index (χ3v) is 9.98. The van der Waals surface area contributed by atoms with Gasteiger partial charge < -0.3 is 0 Å². The highest BCUT2D eigenvalue weighted by Crippen LogP contribution is 2.67. The maximum atomic E-state index is 13.5. The van der Waals surface area contributed by atoms with Crippen molar-refractivity contribution in [2.24, 2.45) is 0 Å². The first-order valence-electron chi connectivity index (χ1n) is 15.6. The minimum absolute atomic E-state index is 0.181. The van der Waals surface area contributed by atoms with Gasteiger partial charge in [0.2, 0.25) is 0 Å². The summed E-state index contributed by atoms with van der Waals surface area (Å²) < 4.78 is -0.522. The first kappa shape index (κ1) is 31.3. The molecule has 0 saturated carbocycles. The zero-order valence-corrected chi connectivity index (χ0v) is 27.0. The Hall–Kier alpha value is -6.26. The first-order chi connectivity index (χ1) is 24.0. The zero-order chi connectivity index (χ0) is 33.8. The van der Waals surface area contributed by atoms with Crippen LogP contribution in [0.5, 0.6) is 0 Å². The summed E-state index contributed by atoms with van der Waals surface area (Å²) in [6.07, 6.45) is 0. The number of hydrogen-bond acceptors (Lipinski definition) is 5. The molecule has 6 aromatic carbocycles. The molecule has 0 aliphatic carbocycles. The van der Waals surface area contributed by atoms with E-state index >= 15 is 0 Å². The summed E-state index contributed by atoms with van der Waals surface area (Å²) in [5, 5.41) is 27.4. The molecule has 7 rings (SSSR count). The van der Waals surface area contributed by atoms with Crippen LogP contribution in [-0.4, -0.2) is 9.85 Å². The van der Waals surface area contributed by atoms with E-state index in [0.29, 0.717) is 34.1 Å². The van der Waals surface area contributed by atoms with Gasteiger partial charge >= 0.3 is 11.4 Å². The Labute approximate surface area is 287 Å². The average Bonchev–Trinajstić information content (AvgIpc) is 3.57. The van der Waals surface area contributed by atoms with Gasteiger partial charge in [0.1, 0.15) is 34.1 Å². The molecule has 9 heteroatoms. The average molecular weight is 663 g/mol.